The van der Waals surface area contributed by atoms with E-state index in [1.54, 1.807) is 12.3 Å². The molecule has 4 nitrogen and oxygen atoms in total. The summed E-state index contributed by atoms with van der Waals surface area (Å²) in [5, 5.41) is 7.97. The summed E-state index contributed by atoms with van der Waals surface area (Å²) >= 11 is 0. The Morgan fingerprint density at radius 2 is 2.00 bits per heavy atom. The van der Waals surface area contributed by atoms with Crippen LogP contribution in [0.1, 0.15) is 42.6 Å². The summed E-state index contributed by atoms with van der Waals surface area (Å²) < 4.78 is 14.0. The van der Waals surface area contributed by atoms with Crippen molar-refractivity contribution in [3.63, 3.8) is 0 Å². The first-order valence-electron chi connectivity index (χ1n) is 6.98. The normalized spacial score (nSPS) is 13.0. The number of nitrogens with one attached hydrogen (secondary N) is 1. The number of fused-ring (bicyclic) bond motifs is 1. The highest BCUT2D eigenvalue weighted by Crippen LogP contribution is 2.23. The van der Waals surface area contributed by atoms with E-state index in [4.69, 9.17) is 0 Å². The Labute approximate surface area is 122 Å². The van der Waals surface area contributed by atoms with Crippen LogP contribution in [0.2, 0.25) is 0 Å². The van der Waals surface area contributed by atoms with Crippen molar-refractivity contribution in [3.8, 4) is 0 Å². The third kappa shape index (κ3) is 2.52. The number of hydrogen-bond acceptors (Lipinski definition) is 2. The molecular formula is C16H18FN4+. The molecule has 0 aliphatic carbocycles. The lowest BCUT2D eigenvalue weighted by atomic mass is 10.0. The molecule has 1 aromatic carbocycles. The van der Waals surface area contributed by atoms with E-state index in [0.717, 1.165) is 16.5 Å². The molecule has 3 rings (SSSR count). The molecule has 0 aliphatic heterocycles. The molecule has 0 fully saturated rings. The summed E-state index contributed by atoms with van der Waals surface area (Å²) in [4.78, 5) is 4.08. The summed E-state index contributed by atoms with van der Waals surface area (Å²) in [6.07, 6.45) is 1.77. The largest absolute Gasteiger partial charge is 0.346 e. The fraction of sp³-hybridized carbons (Fsp3) is 0.250. The van der Waals surface area contributed by atoms with Crippen LogP contribution in [0.4, 0.5) is 4.39 Å². The van der Waals surface area contributed by atoms with Crippen molar-refractivity contribution >= 4 is 10.9 Å². The minimum absolute atomic E-state index is 0.121. The Bertz CT molecular complexity index is 779. The maximum absolute atomic E-state index is 14.0. The van der Waals surface area contributed by atoms with Crippen LogP contribution in [-0.2, 0) is 0 Å². The third-order valence-electron chi connectivity index (χ3n) is 3.75. The second kappa shape index (κ2) is 5.26. The molecule has 0 spiro atoms. The lowest BCUT2D eigenvalue weighted by Crippen LogP contribution is -2.54. The molecule has 0 radical (unpaired) electrons. The highest BCUT2D eigenvalue weighted by molar-refractivity contribution is 5.78. The van der Waals surface area contributed by atoms with E-state index in [1.807, 2.05) is 38.1 Å². The number of benzene rings is 1. The Morgan fingerprint density at radius 3 is 2.71 bits per heavy atom. The molecule has 2 heterocycles. The smallest absolute Gasteiger partial charge is 0.216 e. The van der Waals surface area contributed by atoms with E-state index < -0.39 is 5.95 Å². The van der Waals surface area contributed by atoms with E-state index in [-0.39, 0.29) is 12.0 Å². The predicted octanol–water partition coefficient (Wildman–Crippen LogP) is 2.55. The van der Waals surface area contributed by atoms with Gasteiger partial charge >= 0.3 is 0 Å². The molecule has 0 saturated heterocycles. The SMILES string of the molecule is CC(C)c1ccc(C([NH3+])c2ccc3cn[nH]c3c2)nc1F. The van der Waals surface area contributed by atoms with Gasteiger partial charge in [0.15, 0.2) is 6.04 Å². The maximum Gasteiger partial charge on any atom is 0.216 e. The van der Waals surface area contributed by atoms with E-state index >= 15 is 0 Å². The zero-order chi connectivity index (χ0) is 15.0. The van der Waals surface area contributed by atoms with Crippen LogP contribution in [0.3, 0.4) is 0 Å². The molecule has 0 bridgehead atoms. The molecule has 1 unspecified atom stereocenters. The highest BCUT2D eigenvalue weighted by atomic mass is 19.1. The van der Waals surface area contributed by atoms with Gasteiger partial charge in [0.05, 0.1) is 11.7 Å². The average molecular weight is 285 g/mol. The second-order valence-electron chi connectivity index (χ2n) is 5.54. The van der Waals surface area contributed by atoms with Crippen molar-refractivity contribution in [1.82, 2.24) is 15.2 Å². The number of nitrogens with zero attached hydrogens (tertiary/aromatic N) is 2. The van der Waals surface area contributed by atoms with Crippen LogP contribution >= 0.6 is 0 Å². The Hall–Kier alpha value is -2.27. The van der Waals surface area contributed by atoms with Crippen LogP contribution in [0.15, 0.2) is 36.5 Å². The number of pyridine rings is 1. The number of H-pyrrole nitrogens is 1. The number of quaternary nitrogens is 1. The van der Waals surface area contributed by atoms with Gasteiger partial charge in [-0.2, -0.15) is 9.49 Å². The highest BCUT2D eigenvalue weighted by Gasteiger charge is 2.18. The molecule has 21 heavy (non-hydrogen) atoms. The van der Waals surface area contributed by atoms with Crippen LogP contribution in [-0.4, -0.2) is 15.2 Å². The van der Waals surface area contributed by atoms with Crippen molar-refractivity contribution in [3.05, 3.63) is 59.3 Å². The van der Waals surface area contributed by atoms with E-state index in [1.165, 1.54) is 0 Å². The zero-order valence-electron chi connectivity index (χ0n) is 12.1. The van der Waals surface area contributed by atoms with E-state index in [9.17, 15) is 4.39 Å². The Morgan fingerprint density at radius 1 is 1.19 bits per heavy atom. The first-order chi connectivity index (χ1) is 10.1. The van der Waals surface area contributed by atoms with Crippen molar-refractivity contribution in [2.75, 3.05) is 0 Å². The first kappa shape index (κ1) is 13.7. The molecule has 4 N–H and O–H groups in total. The van der Waals surface area contributed by atoms with Gasteiger partial charge in [-0.1, -0.05) is 32.0 Å². The summed E-state index contributed by atoms with van der Waals surface area (Å²) in [6, 6.07) is 9.38. The lowest BCUT2D eigenvalue weighted by Gasteiger charge is -2.11. The summed E-state index contributed by atoms with van der Waals surface area (Å²) in [5.74, 6) is -0.282. The van der Waals surface area contributed by atoms with E-state index in [0.29, 0.717) is 11.3 Å². The van der Waals surface area contributed by atoms with Crippen molar-refractivity contribution in [2.45, 2.75) is 25.8 Å². The van der Waals surface area contributed by atoms with Gasteiger partial charge in [0.2, 0.25) is 5.95 Å². The molecule has 3 aromatic rings. The topological polar surface area (TPSA) is 69.2 Å². The van der Waals surface area contributed by atoms with Crippen LogP contribution in [0, 0.1) is 5.95 Å². The van der Waals surface area contributed by atoms with Gasteiger partial charge in [0.1, 0.15) is 5.69 Å². The second-order valence-corrected chi connectivity index (χ2v) is 5.54. The van der Waals surface area contributed by atoms with Crippen molar-refractivity contribution in [2.24, 2.45) is 0 Å². The van der Waals surface area contributed by atoms with Crippen molar-refractivity contribution in [1.29, 1.82) is 0 Å². The third-order valence-corrected chi connectivity index (χ3v) is 3.75. The number of aromatic amines is 1. The molecule has 1 atom stereocenters. The molecule has 2 aromatic heterocycles. The van der Waals surface area contributed by atoms with Gasteiger partial charge in [0.25, 0.3) is 0 Å². The monoisotopic (exact) mass is 285 g/mol. The molecule has 0 aliphatic rings. The number of hydrogen-bond donors (Lipinski definition) is 2. The van der Waals surface area contributed by atoms with Gasteiger partial charge in [-0.3, -0.25) is 5.10 Å². The summed E-state index contributed by atoms with van der Waals surface area (Å²) in [5.41, 5.74) is 7.32. The fourth-order valence-corrected chi connectivity index (χ4v) is 2.43. The lowest BCUT2D eigenvalue weighted by molar-refractivity contribution is -0.412. The molecule has 108 valence electrons. The van der Waals surface area contributed by atoms with Gasteiger partial charge < -0.3 is 5.73 Å². The van der Waals surface area contributed by atoms with Crippen LogP contribution in [0.5, 0.6) is 0 Å². The summed E-state index contributed by atoms with van der Waals surface area (Å²) in [6.45, 7) is 3.90. The van der Waals surface area contributed by atoms with E-state index in [2.05, 4.69) is 20.9 Å². The van der Waals surface area contributed by atoms with Crippen molar-refractivity contribution < 1.29 is 10.1 Å². The Kier molecular flexibility index (Phi) is 3.43. The van der Waals surface area contributed by atoms with Gasteiger partial charge in [-0.15, -0.1) is 0 Å². The Balaban J connectivity index is 1.97. The summed E-state index contributed by atoms with van der Waals surface area (Å²) in [7, 11) is 0. The van der Waals surface area contributed by atoms with Gasteiger partial charge in [0, 0.05) is 16.5 Å². The number of halogens is 1. The molecule has 5 heteroatoms. The zero-order valence-corrected chi connectivity index (χ0v) is 12.1. The fourth-order valence-electron chi connectivity index (χ4n) is 2.43. The van der Waals surface area contributed by atoms with Gasteiger partial charge in [-0.05, 0) is 18.1 Å². The number of rotatable bonds is 3. The molecule has 0 amide bonds. The average Bonchev–Trinajstić information content (AvgIpc) is 2.93. The number of aromatic nitrogens is 3. The predicted molar refractivity (Wildman–Crippen MR) is 79.1 cm³/mol. The van der Waals surface area contributed by atoms with Gasteiger partial charge in [-0.25, -0.2) is 4.98 Å². The van der Waals surface area contributed by atoms with Crippen LogP contribution in [0.25, 0.3) is 10.9 Å². The minimum Gasteiger partial charge on any atom is -0.346 e. The molecule has 0 saturated carbocycles. The molecular weight excluding hydrogens is 267 g/mol. The van der Waals surface area contributed by atoms with Crippen LogP contribution < -0.4 is 5.73 Å². The maximum atomic E-state index is 14.0. The first-order valence-corrected chi connectivity index (χ1v) is 6.98. The standard InChI is InChI=1S/C16H17FN4/c1-9(2)12-5-6-13(20-16(12)17)15(18)10-3-4-11-8-19-21-14(11)7-10/h3-9,15H,18H2,1-2H3,(H,19,21)/p+1. The quantitative estimate of drug-likeness (QED) is 0.726. The minimum atomic E-state index is -0.404.